The Morgan fingerprint density at radius 2 is 2.05 bits per heavy atom. The molecule has 0 spiro atoms. The van der Waals surface area contributed by atoms with E-state index in [1.165, 1.54) is 7.11 Å². The van der Waals surface area contributed by atoms with Gasteiger partial charge in [0.05, 0.1) is 26.5 Å². The Hall–Kier alpha value is -1.62. The van der Waals surface area contributed by atoms with Crippen LogP contribution in [0.15, 0.2) is 6.20 Å². The van der Waals surface area contributed by atoms with Crippen molar-refractivity contribution in [2.45, 2.75) is 33.7 Å². The van der Waals surface area contributed by atoms with Crippen molar-refractivity contribution in [1.82, 2.24) is 9.88 Å². The van der Waals surface area contributed by atoms with Gasteiger partial charge in [0.25, 0.3) is 0 Å². The fourth-order valence-corrected chi connectivity index (χ4v) is 2.22. The Labute approximate surface area is 120 Å². The van der Waals surface area contributed by atoms with Crippen LogP contribution in [0, 0.1) is 13.8 Å². The first-order valence-corrected chi connectivity index (χ1v) is 6.81. The van der Waals surface area contributed by atoms with E-state index in [-0.39, 0.29) is 12.5 Å². The van der Waals surface area contributed by atoms with Crippen molar-refractivity contribution >= 4 is 5.97 Å². The lowest BCUT2D eigenvalue weighted by Gasteiger charge is -2.21. The smallest absolute Gasteiger partial charge is 0.319 e. The highest BCUT2D eigenvalue weighted by atomic mass is 16.5. The Bertz CT molecular complexity index is 461. The van der Waals surface area contributed by atoms with Gasteiger partial charge in [0.15, 0.2) is 0 Å². The van der Waals surface area contributed by atoms with Crippen LogP contribution < -0.4 is 4.74 Å². The molecule has 5 nitrogen and oxygen atoms in total. The fourth-order valence-electron chi connectivity index (χ4n) is 2.22. The maximum Gasteiger partial charge on any atom is 0.319 e. The highest BCUT2D eigenvalue weighted by molar-refractivity contribution is 5.71. The number of methoxy groups -OCH3 is 2. The first-order chi connectivity index (χ1) is 9.53. The van der Waals surface area contributed by atoms with Crippen molar-refractivity contribution in [2.24, 2.45) is 0 Å². The number of hydrogen-bond acceptors (Lipinski definition) is 5. The van der Waals surface area contributed by atoms with Crippen LogP contribution in [-0.2, 0) is 16.1 Å². The number of pyridine rings is 1. The van der Waals surface area contributed by atoms with Crippen molar-refractivity contribution in [2.75, 3.05) is 27.3 Å². The third-order valence-electron chi connectivity index (χ3n) is 3.24. The summed E-state index contributed by atoms with van der Waals surface area (Å²) >= 11 is 0. The number of esters is 1. The van der Waals surface area contributed by atoms with E-state index in [4.69, 9.17) is 9.47 Å². The first kappa shape index (κ1) is 16.4. The van der Waals surface area contributed by atoms with Gasteiger partial charge in [-0.3, -0.25) is 14.7 Å². The summed E-state index contributed by atoms with van der Waals surface area (Å²) in [5.41, 5.74) is 2.98. The number of rotatable bonds is 7. The topological polar surface area (TPSA) is 51.7 Å². The Morgan fingerprint density at radius 1 is 1.35 bits per heavy atom. The first-order valence-electron chi connectivity index (χ1n) is 6.81. The van der Waals surface area contributed by atoms with Crippen LogP contribution in [0.5, 0.6) is 5.75 Å². The molecule has 0 aliphatic heterocycles. The zero-order valence-corrected chi connectivity index (χ0v) is 13.0. The average molecular weight is 280 g/mol. The van der Waals surface area contributed by atoms with E-state index >= 15 is 0 Å². The molecule has 1 aromatic rings. The van der Waals surface area contributed by atoms with E-state index in [1.807, 2.05) is 24.9 Å². The minimum Gasteiger partial charge on any atom is -0.496 e. The number of ether oxygens (including phenoxy) is 2. The Balaban J connectivity index is 2.90. The highest BCUT2D eigenvalue weighted by Gasteiger charge is 2.15. The molecule has 0 N–H and O–H groups in total. The minimum atomic E-state index is -0.227. The van der Waals surface area contributed by atoms with Gasteiger partial charge in [-0.15, -0.1) is 0 Å². The van der Waals surface area contributed by atoms with Crippen LogP contribution in [0.2, 0.25) is 0 Å². The molecule has 1 aromatic heterocycles. The van der Waals surface area contributed by atoms with Gasteiger partial charge in [0.2, 0.25) is 0 Å². The molecule has 0 bridgehead atoms. The van der Waals surface area contributed by atoms with Gasteiger partial charge < -0.3 is 9.47 Å². The molecule has 0 aliphatic rings. The molecule has 0 radical (unpaired) electrons. The lowest BCUT2D eigenvalue weighted by molar-refractivity contribution is -0.142. The van der Waals surface area contributed by atoms with E-state index in [1.54, 1.807) is 7.11 Å². The Morgan fingerprint density at radius 3 is 2.60 bits per heavy atom. The SMILES string of the molecule is CCCN(CC(=O)OC)Cc1ncc(C)c(OC)c1C. The van der Waals surface area contributed by atoms with Crippen LogP contribution in [0.25, 0.3) is 0 Å². The maximum absolute atomic E-state index is 11.4. The van der Waals surface area contributed by atoms with E-state index in [9.17, 15) is 4.79 Å². The number of carbonyl (C=O) groups excluding carboxylic acids is 1. The lowest BCUT2D eigenvalue weighted by atomic mass is 10.1. The highest BCUT2D eigenvalue weighted by Crippen LogP contribution is 2.24. The third-order valence-corrected chi connectivity index (χ3v) is 3.24. The van der Waals surface area contributed by atoms with E-state index in [0.29, 0.717) is 6.54 Å². The molecule has 0 fully saturated rings. The van der Waals surface area contributed by atoms with Crippen LogP contribution >= 0.6 is 0 Å². The van der Waals surface area contributed by atoms with Crippen molar-refractivity contribution in [3.05, 3.63) is 23.0 Å². The maximum atomic E-state index is 11.4. The quantitative estimate of drug-likeness (QED) is 0.716. The van der Waals surface area contributed by atoms with Crippen molar-refractivity contribution in [1.29, 1.82) is 0 Å². The minimum absolute atomic E-state index is 0.227. The molecule has 5 heteroatoms. The summed E-state index contributed by atoms with van der Waals surface area (Å²) in [6.07, 6.45) is 2.78. The van der Waals surface area contributed by atoms with E-state index in [2.05, 4.69) is 11.9 Å². The molecule has 20 heavy (non-hydrogen) atoms. The molecule has 0 saturated heterocycles. The molecule has 0 atom stereocenters. The molecule has 0 amide bonds. The molecule has 0 aromatic carbocycles. The predicted molar refractivity (Wildman–Crippen MR) is 77.8 cm³/mol. The van der Waals surface area contributed by atoms with Crippen LogP contribution in [0.1, 0.15) is 30.2 Å². The summed E-state index contributed by atoms with van der Waals surface area (Å²) in [6, 6.07) is 0. The van der Waals surface area contributed by atoms with Gasteiger partial charge in [-0.25, -0.2) is 0 Å². The molecule has 0 saturated carbocycles. The van der Waals surface area contributed by atoms with E-state index in [0.717, 1.165) is 35.5 Å². The molecule has 112 valence electrons. The second-order valence-corrected chi connectivity index (χ2v) is 4.83. The number of hydrogen-bond donors (Lipinski definition) is 0. The third kappa shape index (κ3) is 4.20. The van der Waals surface area contributed by atoms with Crippen molar-refractivity contribution in [3.63, 3.8) is 0 Å². The summed E-state index contributed by atoms with van der Waals surface area (Å²) in [7, 11) is 3.07. The number of aryl methyl sites for hydroxylation is 1. The standard InChI is InChI=1S/C15H24N2O3/c1-6-7-17(10-14(18)19-4)9-13-12(3)15(20-5)11(2)8-16-13/h8H,6-7,9-10H2,1-5H3. The van der Waals surface area contributed by atoms with E-state index < -0.39 is 0 Å². The van der Waals surface area contributed by atoms with Gasteiger partial charge in [0.1, 0.15) is 5.75 Å². The second kappa shape index (κ2) is 7.85. The summed E-state index contributed by atoms with van der Waals surface area (Å²) in [4.78, 5) is 17.9. The normalized spacial score (nSPS) is 10.7. The van der Waals surface area contributed by atoms with Gasteiger partial charge in [0, 0.05) is 23.9 Å². The summed E-state index contributed by atoms with van der Waals surface area (Å²) in [5.74, 6) is 0.639. The van der Waals surface area contributed by atoms with Crippen LogP contribution in [0.4, 0.5) is 0 Å². The molecule has 1 rings (SSSR count). The average Bonchev–Trinajstić information content (AvgIpc) is 2.42. The monoisotopic (exact) mass is 280 g/mol. The lowest BCUT2D eigenvalue weighted by Crippen LogP contribution is -2.31. The molecular formula is C15H24N2O3. The number of carbonyl (C=O) groups is 1. The van der Waals surface area contributed by atoms with Gasteiger partial charge >= 0.3 is 5.97 Å². The van der Waals surface area contributed by atoms with Gasteiger partial charge in [-0.2, -0.15) is 0 Å². The van der Waals surface area contributed by atoms with Gasteiger partial charge in [-0.1, -0.05) is 6.92 Å². The largest absolute Gasteiger partial charge is 0.496 e. The van der Waals surface area contributed by atoms with Crippen LogP contribution in [0.3, 0.4) is 0 Å². The molecule has 0 unspecified atom stereocenters. The van der Waals surface area contributed by atoms with Crippen molar-refractivity contribution < 1.29 is 14.3 Å². The second-order valence-electron chi connectivity index (χ2n) is 4.83. The van der Waals surface area contributed by atoms with Gasteiger partial charge in [-0.05, 0) is 26.8 Å². The number of aromatic nitrogens is 1. The van der Waals surface area contributed by atoms with Crippen molar-refractivity contribution in [3.8, 4) is 5.75 Å². The summed E-state index contributed by atoms with van der Waals surface area (Å²) in [5, 5.41) is 0. The zero-order chi connectivity index (χ0) is 15.1. The zero-order valence-electron chi connectivity index (χ0n) is 13.0. The number of nitrogens with zero attached hydrogens (tertiary/aromatic N) is 2. The molecule has 0 aliphatic carbocycles. The van der Waals surface area contributed by atoms with Crippen LogP contribution in [-0.4, -0.2) is 43.2 Å². The predicted octanol–water partition coefficient (Wildman–Crippen LogP) is 2.09. The summed E-state index contributed by atoms with van der Waals surface area (Å²) < 4.78 is 10.1. The fraction of sp³-hybridized carbons (Fsp3) is 0.600. The molecule has 1 heterocycles. The molecular weight excluding hydrogens is 256 g/mol. The summed E-state index contributed by atoms with van der Waals surface area (Å²) in [6.45, 7) is 7.77. The Kier molecular flexibility index (Phi) is 6.45.